The van der Waals surface area contributed by atoms with Gasteiger partial charge in [0.25, 0.3) is 0 Å². The first kappa shape index (κ1) is 12.2. The topological polar surface area (TPSA) is 172 Å². The molecular weight excluding hydrogens is 236 g/mol. The minimum Gasteiger partial charge on any atom is -0.382 e. The van der Waals surface area contributed by atoms with Crippen LogP contribution in [0.3, 0.4) is 0 Å². The number of halogens is 1. The van der Waals surface area contributed by atoms with Gasteiger partial charge in [-0.05, 0) is 0 Å². The number of nitrogen functional groups attached to an aromatic ring is 2. The van der Waals surface area contributed by atoms with E-state index in [0.717, 1.165) is 0 Å². The van der Waals surface area contributed by atoms with E-state index in [4.69, 9.17) is 34.5 Å². The number of nitrogens with two attached hydrogens (primary N) is 4. The zero-order chi connectivity index (χ0) is 12.3. The van der Waals surface area contributed by atoms with Gasteiger partial charge in [0, 0.05) is 0 Å². The molecule has 86 valence electrons. The van der Waals surface area contributed by atoms with Crippen molar-refractivity contribution >= 4 is 29.1 Å². The fraction of sp³-hybridized carbons (Fsp3) is 0.167. The second-order valence-electron chi connectivity index (χ2n) is 2.64. The second-order valence-corrected chi connectivity index (χ2v) is 3.00. The van der Waals surface area contributed by atoms with Crippen LogP contribution in [0.4, 0.5) is 11.6 Å². The number of hydrogen-bond donors (Lipinski definition) is 4. The van der Waals surface area contributed by atoms with Gasteiger partial charge in [0.2, 0.25) is 0 Å². The van der Waals surface area contributed by atoms with E-state index in [9.17, 15) is 4.79 Å². The van der Waals surface area contributed by atoms with Crippen LogP contribution in [0.25, 0.3) is 0 Å². The first-order chi connectivity index (χ1) is 7.41. The lowest BCUT2D eigenvalue weighted by molar-refractivity contribution is 0.0988. The zero-order valence-electron chi connectivity index (χ0n) is 7.96. The number of anilines is 2. The van der Waals surface area contributed by atoms with E-state index < -0.39 is 12.2 Å². The van der Waals surface area contributed by atoms with Crippen molar-refractivity contribution in [1.82, 2.24) is 9.97 Å². The summed E-state index contributed by atoms with van der Waals surface area (Å²) in [6.45, 7) is 0. The molecule has 1 rings (SSSR count). The molecule has 10 heteroatoms. The quantitative estimate of drug-likeness (QED) is 0.385. The number of aromatic nitrogens is 2. The fourth-order valence-electron chi connectivity index (χ4n) is 0.765. The fourth-order valence-corrected chi connectivity index (χ4v) is 0.892. The maximum atomic E-state index is 11.4. The lowest BCUT2D eigenvalue weighted by atomic mass is 10.4. The van der Waals surface area contributed by atoms with Crippen molar-refractivity contribution in [1.29, 1.82) is 0 Å². The first-order valence-corrected chi connectivity index (χ1v) is 4.34. The highest BCUT2D eigenvalue weighted by Crippen LogP contribution is 2.17. The molecule has 0 spiro atoms. The van der Waals surface area contributed by atoms with Gasteiger partial charge in [0.15, 0.2) is 28.8 Å². The summed E-state index contributed by atoms with van der Waals surface area (Å²) < 4.78 is 0. The standard InChI is InChI=1S/C6H9ClN8O/c7-2-4(9)13-3(8)1(12-2)5(16)14-15-6(10)11/h6H,10-11H2,(H4,8,9,13). The van der Waals surface area contributed by atoms with E-state index in [2.05, 4.69) is 20.2 Å². The number of rotatable bonds is 2. The highest BCUT2D eigenvalue weighted by atomic mass is 35.5. The number of carbonyl (C=O) groups is 1. The smallest absolute Gasteiger partial charge is 0.317 e. The SMILES string of the molecule is Nc1nc(N)c(C(=O)N=NC(N)N)nc1Cl. The van der Waals surface area contributed by atoms with Crippen LogP contribution in [-0.4, -0.2) is 22.2 Å². The molecule has 16 heavy (non-hydrogen) atoms. The Bertz CT molecular complexity index is 444. The average Bonchev–Trinajstić information content (AvgIpc) is 2.20. The summed E-state index contributed by atoms with van der Waals surface area (Å²) in [5, 5.41) is 6.26. The maximum Gasteiger partial charge on any atom is 0.317 e. The summed E-state index contributed by atoms with van der Waals surface area (Å²) in [4.78, 5) is 18.6. The van der Waals surface area contributed by atoms with Gasteiger partial charge >= 0.3 is 5.91 Å². The average molecular weight is 245 g/mol. The van der Waals surface area contributed by atoms with Gasteiger partial charge in [-0.2, -0.15) is 0 Å². The number of nitrogens with zero attached hydrogens (tertiary/aromatic N) is 4. The van der Waals surface area contributed by atoms with Crippen LogP contribution in [0.2, 0.25) is 5.15 Å². The molecule has 0 aliphatic carbocycles. The second kappa shape index (κ2) is 4.79. The monoisotopic (exact) mass is 244 g/mol. The Labute approximate surface area is 94.9 Å². The Balaban J connectivity index is 3.05. The van der Waals surface area contributed by atoms with Gasteiger partial charge in [-0.1, -0.05) is 11.6 Å². The molecule has 0 fully saturated rings. The van der Waals surface area contributed by atoms with Gasteiger partial charge in [0.1, 0.15) is 0 Å². The van der Waals surface area contributed by atoms with Crippen LogP contribution in [0.5, 0.6) is 0 Å². The minimum absolute atomic E-state index is 0.0804. The van der Waals surface area contributed by atoms with Gasteiger partial charge in [-0.3, -0.25) is 16.3 Å². The number of azo groups is 1. The molecule has 0 saturated heterocycles. The van der Waals surface area contributed by atoms with E-state index in [1.807, 2.05) is 0 Å². The third-order valence-electron chi connectivity index (χ3n) is 1.39. The third kappa shape index (κ3) is 2.82. The maximum absolute atomic E-state index is 11.4. The predicted molar refractivity (Wildman–Crippen MR) is 57.2 cm³/mol. The molecule has 0 saturated carbocycles. The van der Waals surface area contributed by atoms with E-state index in [0.29, 0.717) is 0 Å². The van der Waals surface area contributed by atoms with Crippen molar-refractivity contribution in [2.45, 2.75) is 6.29 Å². The molecule has 0 atom stereocenters. The van der Waals surface area contributed by atoms with Crippen molar-refractivity contribution in [2.75, 3.05) is 11.5 Å². The minimum atomic E-state index is -1.10. The Morgan fingerprint density at radius 1 is 1.25 bits per heavy atom. The molecule has 0 aliphatic rings. The lowest BCUT2D eigenvalue weighted by Gasteiger charge is -2.02. The summed E-state index contributed by atoms with van der Waals surface area (Å²) in [5.41, 5.74) is 20.6. The third-order valence-corrected chi connectivity index (χ3v) is 1.67. The molecule has 0 aliphatic heterocycles. The zero-order valence-corrected chi connectivity index (χ0v) is 8.72. The summed E-state index contributed by atoms with van der Waals surface area (Å²) in [5.74, 6) is -1.13. The Morgan fingerprint density at radius 2 is 1.88 bits per heavy atom. The molecule has 1 aromatic heterocycles. The summed E-state index contributed by atoms with van der Waals surface area (Å²) in [6, 6.07) is 0. The van der Waals surface area contributed by atoms with Crippen LogP contribution < -0.4 is 22.9 Å². The molecule has 1 aromatic rings. The number of hydrogen-bond acceptors (Lipinski definition) is 8. The molecule has 0 aromatic carbocycles. The van der Waals surface area contributed by atoms with Crippen molar-refractivity contribution in [3.8, 4) is 0 Å². The van der Waals surface area contributed by atoms with Crippen molar-refractivity contribution in [3.05, 3.63) is 10.8 Å². The molecule has 0 unspecified atom stereocenters. The molecule has 0 radical (unpaired) electrons. The van der Waals surface area contributed by atoms with E-state index >= 15 is 0 Å². The summed E-state index contributed by atoms with van der Waals surface area (Å²) >= 11 is 5.56. The van der Waals surface area contributed by atoms with E-state index in [-0.39, 0.29) is 22.5 Å². The summed E-state index contributed by atoms with van der Waals surface area (Å²) in [6.07, 6.45) is -1.10. The summed E-state index contributed by atoms with van der Waals surface area (Å²) in [7, 11) is 0. The largest absolute Gasteiger partial charge is 0.382 e. The molecule has 1 heterocycles. The first-order valence-electron chi connectivity index (χ1n) is 3.96. The molecule has 8 N–H and O–H groups in total. The van der Waals surface area contributed by atoms with Crippen molar-refractivity contribution in [3.63, 3.8) is 0 Å². The number of amides is 1. The van der Waals surface area contributed by atoms with Gasteiger partial charge in [-0.15, -0.1) is 10.2 Å². The molecule has 0 bridgehead atoms. The normalized spacial score (nSPS) is 11.2. The highest BCUT2D eigenvalue weighted by Gasteiger charge is 2.15. The van der Waals surface area contributed by atoms with E-state index in [1.54, 1.807) is 0 Å². The van der Waals surface area contributed by atoms with Gasteiger partial charge in [0.05, 0.1) is 0 Å². The van der Waals surface area contributed by atoms with Crippen molar-refractivity contribution < 1.29 is 4.79 Å². The van der Waals surface area contributed by atoms with Crippen LogP contribution in [0.15, 0.2) is 10.2 Å². The molecule has 1 amide bonds. The van der Waals surface area contributed by atoms with Crippen LogP contribution in [0, 0.1) is 0 Å². The van der Waals surface area contributed by atoms with Crippen LogP contribution in [-0.2, 0) is 0 Å². The van der Waals surface area contributed by atoms with Crippen molar-refractivity contribution in [2.24, 2.45) is 21.7 Å². The Morgan fingerprint density at radius 3 is 2.44 bits per heavy atom. The van der Waals surface area contributed by atoms with Crippen LogP contribution in [0.1, 0.15) is 10.5 Å². The predicted octanol–water partition coefficient (Wildman–Crippen LogP) is -0.912. The Hall–Kier alpha value is -1.84. The number of carbonyl (C=O) groups excluding carboxylic acids is 1. The molecular formula is C6H9ClN8O. The highest BCUT2D eigenvalue weighted by molar-refractivity contribution is 6.31. The van der Waals surface area contributed by atoms with Crippen LogP contribution >= 0.6 is 11.6 Å². The molecule has 9 nitrogen and oxygen atoms in total. The Kier molecular flexibility index (Phi) is 3.66. The van der Waals surface area contributed by atoms with E-state index in [1.165, 1.54) is 0 Å². The lowest BCUT2D eigenvalue weighted by Crippen LogP contribution is -2.27. The van der Waals surface area contributed by atoms with Gasteiger partial charge in [-0.25, -0.2) is 9.97 Å². The van der Waals surface area contributed by atoms with Gasteiger partial charge < -0.3 is 11.5 Å².